The highest BCUT2D eigenvalue weighted by molar-refractivity contribution is 4.92. The third-order valence-corrected chi connectivity index (χ3v) is 2.63. The summed E-state index contributed by atoms with van der Waals surface area (Å²) in [5, 5.41) is 12.8. The monoisotopic (exact) mass is 201 g/mol. The molecule has 0 aromatic heterocycles. The Morgan fingerprint density at radius 2 is 2.14 bits per heavy atom. The van der Waals surface area contributed by atoms with E-state index in [1.54, 1.807) is 0 Å². The maximum absolute atomic E-state index is 9.30. The molecule has 1 rings (SSSR count). The first-order valence-electron chi connectivity index (χ1n) is 5.66. The Balaban J connectivity index is 2.14. The van der Waals surface area contributed by atoms with E-state index in [0.717, 1.165) is 26.1 Å². The van der Waals surface area contributed by atoms with Crippen LogP contribution < -0.4 is 5.32 Å². The number of ether oxygens (including phenoxy) is 1. The van der Waals surface area contributed by atoms with E-state index in [0.29, 0.717) is 6.04 Å². The van der Waals surface area contributed by atoms with Crippen LogP contribution in [-0.4, -0.2) is 36.5 Å². The third kappa shape index (κ3) is 4.40. The summed E-state index contributed by atoms with van der Waals surface area (Å²) >= 11 is 0. The molecule has 1 fully saturated rings. The molecule has 1 atom stereocenters. The van der Waals surface area contributed by atoms with E-state index in [1.165, 1.54) is 12.8 Å². The zero-order valence-electron chi connectivity index (χ0n) is 9.38. The van der Waals surface area contributed by atoms with Gasteiger partial charge in [0.1, 0.15) is 0 Å². The van der Waals surface area contributed by atoms with Gasteiger partial charge in [0.25, 0.3) is 0 Å². The van der Waals surface area contributed by atoms with Crippen molar-refractivity contribution in [2.75, 3.05) is 19.8 Å². The molecule has 1 saturated carbocycles. The summed E-state index contributed by atoms with van der Waals surface area (Å²) < 4.78 is 5.43. The number of rotatable bonds is 8. The first-order chi connectivity index (χ1) is 6.70. The Hall–Kier alpha value is -0.120. The van der Waals surface area contributed by atoms with Crippen molar-refractivity contribution in [1.82, 2.24) is 5.32 Å². The zero-order valence-corrected chi connectivity index (χ0v) is 9.38. The summed E-state index contributed by atoms with van der Waals surface area (Å²) in [6.45, 7) is 5.93. The third-order valence-electron chi connectivity index (χ3n) is 2.63. The van der Waals surface area contributed by atoms with Gasteiger partial charge in [-0.1, -0.05) is 6.92 Å². The average Bonchev–Trinajstić information content (AvgIpc) is 2.96. The number of hydrogen-bond donors (Lipinski definition) is 2. The lowest BCUT2D eigenvalue weighted by atomic mass is 9.99. The molecule has 2 N–H and O–H groups in total. The van der Waals surface area contributed by atoms with E-state index in [-0.39, 0.29) is 12.1 Å². The van der Waals surface area contributed by atoms with Gasteiger partial charge < -0.3 is 15.2 Å². The lowest BCUT2D eigenvalue weighted by Crippen LogP contribution is -2.47. The second-order valence-electron chi connectivity index (χ2n) is 4.50. The van der Waals surface area contributed by atoms with Crippen LogP contribution in [-0.2, 0) is 4.74 Å². The Morgan fingerprint density at radius 3 is 2.64 bits per heavy atom. The van der Waals surface area contributed by atoms with Crippen molar-refractivity contribution in [2.45, 2.75) is 51.1 Å². The summed E-state index contributed by atoms with van der Waals surface area (Å²) in [7, 11) is 0. The molecule has 0 aliphatic heterocycles. The maximum atomic E-state index is 9.30. The molecule has 0 heterocycles. The SMILES string of the molecule is CCCOCCC(C)(CO)NC1CC1. The average molecular weight is 201 g/mol. The summed E-state index contributed by atoms with van der Waals surface area (Å²) in [6.07, 6.45) is 4.46. The number of aliphatic hydroxyl groups excluding tert-OH is 1. The van der Waals surface area contributed by atoms with Gasteiger partial charge in [0.05, 0.1) is 6.61 Å². The Morgan fingerprint density at radius 1 is 1.43 bits per heavy atom. The normalized spacial score (nSPS) is 20.8. The summed E-state index contributed by atoms with van der Waals surface area (Å²) in [5.41, 5.74) is -0.144. The van der Waals surface area contributed by atoms with Crippen molar-refractivity contribution in [1.29, 1.82) is 0 Å². The minimum Gasteiger partial charge on any atom is -0.394 e. The minimum absolute atomic E-state index is 0.144. The van der Waals surface area contributed by atoms with E-state index in [2.05, 4.69) is 19.2 Å². The van der Waals surface area contributed by atoms with Crippen LogP contribution in [0.1, 0.15) is 39.5 Å². The van der Waals surface area contributed by atoms with Gasteiger partial charge >= 0.3 is 0 Å². The van der Waals surface area contributed by atoms with Gasteiger partial charge in [-0.3, -0.25) is 0 Å². The van der Waals surface area contributed by atoms with Crippen molar-refractivity contribution in [3.8, 4) is 0 Å². The van der Waals surface area contributed by atoms with Crippen molar-refractivity contribution >= 4 is 0 Å². The van der Waals surface area contributed by atoms with Crippen molar-refractivity contribution in [3.05, 3.63) is 0 Å². The van der Waals surface area contributed by atoms with E-state index in [9.17, 15) is 5.11 Å². The molecule has 1 aliphatic carbocycles. The van der Waals surface area contributed by atoms with Crippen LogP contribution in [0.3, 0.4) is 0 Å². The zero-order chi connectivity index (χ0) is 10.4. The van der Waals surface area contributed by atoms with Gasteiger partial charge in [0.15, 0.2) is 0 Å². The Kier molecular flexibility index (Phi) is 4.85. The first-order valence-corrected chi connectivity index (χ1v) is 5.66. The predicted octanol–water partition coefficient (Wildman–Crippen LogP) is 1.31. The van der Waals surface area contributed by atoms with Gasteiger partial charge in [-0.05, 0) is 32.6 Å². The van der Waals surface area contributed by atoms with Crippen molar-refractivity contribution < 1.29 is 9.84 Å². The molecule has 0 aromatic carbocycles. The molecule has 0 saturated heterocycles. The maximum Gasteiger partial charge on any atom is 0.0611 e. The predicted molar refractivity (Wildman–Crippen MR) is 57.4 cm³/mol. The van der Waals surface area contributed by atoms with Crippen molar-refractivity contribution in [3.63, 3.8) is 0 Å². The fourth-order valence-electron chi connectivity index (χ4n) is 1.46. The summed E-state index contributed by atoms with van der Waals surface area (Å²) in [4.78, 5) is 0. The quantitative estimate of drug-likeness (QED) is 0.582. The first kappa shape index (κ1) is 12.0. The molecule has 0 aromatic rings. The summed E-state index contributed by atoms with van der Waals surface area (Å²) in [6, 6.07) is 0.637. The van der Waals surface area contributed by atoms with Crippen LogP contribution in [0.5, 0.6) is 0 Å². The number of aliphatic hydroxyl groups is 1. The molecule has 0 spiro atoms. The molecular formula is C11H23NO2. The van der Waals surface area contributed by atoms with Gasteiger partial charge in [0, 0.05) is 24.8 Å². The van der Waals surface area contributed by atoms with Gasteiger partial charge in [-0.25, -0.2) is 0 Å². The molecule has 0 amide bonds. The fraction of sp³-hybridized carbons (Fsp3) is 1.00. The Bertz CT molecular complexity index is 159. The lowest BCUT2D eigenvalue weighted by Gasteiger charge is -2.28. The molecule has 3 nitrogen and oxygen atoms in total. The van der Waals surface area contributed by atoms with Crippen LogP contribution in [0.2, 0.25) is 0 Å². The fourth-order valence-corrected chi connectivity index (χ4v) is 1.46. The molecule has 3 heteroatoms. The molecular weight excluding hydrogens is 178 g/mol. The molecule has 1 aliphatic rings. The highest BCUT2D eigenvalue weighted by Crippen LogP contribution is 2.23. The van der Waals surface area contributed by atoms with Gasteiger partial charge in [0.2, 0.25) is 0 Å². The van der Waals surface area contributed by atoms with Crippen LogP contribution in [0, 0.1) is 0 Å². The van der Waals surface area contributed by atoms with Crippen LogP contribution in [0.15, 0.2) is 0 Å². The standard InChI is InChI=1S/C11H23NO2/c1-3-7-14-8-6-11(2,9-13)12-10-4-5-10/h10,12-13H,3-9H2,1-2H3. The van der Waals surface area contributed by atoms with Crippen LogP contribution in [0.4, 0.5) is 0 Å². The van der Waals surface area contributed by atoms with E-state index in [1.807, 2.05) is 0 Å². The lowest BCUT2D eigenvalue weighted by molar-refractivity contribution is 0.0864. The second-order valence-corrected chi connectivity index (χ2v) is 4.50. The molecule has 0 radical (unpaired) electrons. The molecule has 84 valence electrons. The van der Waals surface area contributed by atoms with Crippen LogP contribution in [0.25, 0.3) is 0 Å². The van der Waals surface area contributed by atoms with Gasteiger partial charge in [-0.2, -0.15) is 0 Å². The largest absolute Gasteiger partial charge is 0.394 e. The molecule has 14 heavy (non-hydrogen) atoms. The van der Waals surface area contributed by atoms with E-state index < -0.39 is 0 Å². The number of hydrogen-bond acceptors (Lipinski definition) is 3. The van der Waals surface area contributed by atoms with E-state index >= 15 is 0 Å². The topological polar surface area (TPSA) is 41.5 Å². The highest BCUT2D eigenvalue weighted by Gasteiger charge is 2.31. The smallest absolute Gasteiger partial charge is 0.0611 e. The molecule has 0 bridgehead atoms. The molecule has 1 unspecified atom stereocenters. The Labute approximate surface area is 86.8 Å². The van der Waals surface area contributed by atoms with Crippen molar-refractivity contribution in [2.24, 2.45) is 0 Å². The highest BCUT2D eigenvalue weighted by atomic mass is 16.5. The van der Waals surface area contributed by atoms with E-state index in [4.69, 9.17) is 4.74 Å². The second kappa shape index (κ2) is 5.69. The number of nitrogens with one attached hydrogen (secondary N) is 1. The minimum atomic E-state index is -0.144. The summed E-state index contributed by atoms with van der Waals surface area (Å²) in [5.74, 6) is 0. The van der Waals surface area contributed by atoms with Crippen LogP contribution >= 0.6 is 0 Å². The van der Waals surface area contributed by atoms with Gasteiger partial charge in [-0.15, -0.1) is 0 Å².